The van der Waals surface area contributed by atoms with Crippen molar-refractivity contribution in [2.45, 2.75) is 39.5 Å². The van der Waals surface area contributed by atoms with Crippen LogP contribution in [0.15, 0.2) is 11.6 Å². The van der Waals surface area contributed by atoms with Gasteiger partial charge in [-0.3, -0.25) is 4.79 Å². The van der Waals surface area contributed by atoms with E-state index < -0.39 is 0 Å². The molecule has 2 fully saturated rings. The van der Waals surface area contributed by atoms with Crippen LogP contribution in [-0.2, 0) is 4.79 Å². The molecule has 2 aliphatic carbocycles. The van der Waals surface area contributed by atoms with Gasteiger partial charge in [0.25, 0.3) is 0 Å². The van der Waals surface area contributed by atoms with Crippen molar-refractivity contribution in [1.29, 1.82) is 0 Å². The Hall–Kier alpha value is -0.590. The molecule has 0 aromatic heterocycles. The smallest absolute Gasteiger partial charge is 0.142 e. The predicted molar refractivity (Wildman–Crippen MR) is 57.9 cm³/mol. The van der Waals surface area contributed by atoms with E-state index >= 15 is 0 Å². The number of aldehydes is 1. The van der Waals surface area contributed by atoms with E-state index in [1.165, 1.54) is 24.8 Å². The van der Waals surface area contributed by atoms with Gasteiger partial charge in [-0.15, -0.1) is 0 Å². The largest absolute Gasteiger partial charge is 0.299 e. The van der Waals surface area contributed by atoms with Crippen LogP contribution >= 0.6 is 0 Å². The van der Waals surface area contributed by atoms with Gasteiger partial charge in [-0.2, -0.15) is 0 Å². The lowest BCUT2D eigenvalue weighted by Gasteiger charge is -2.35. The first-order valence-corrected chi connectivity index (χ1v) is 5.88. The molecule has 0 heterocycles. The molecule has 0 saturated heterocycles. The van der Waals surface area contributed by atoms with Gasteiger partial charge in [0.05, 0.1) is 0 Å². The third-order valence-electron chi connectivity index (χ3n) is 4.36. The summed E-state index contributed by atoms with van der Waals surface area (Å²) in [5, 5.41) is 0. The monoisotopic (exact) mass is 192 g/mol. The molecule has 1 heteroatoms. The van der Waals surface area contributed by atoms with E-state index in [2.05, 4.69) is 13.8 Å². The molecule has 0 aromatic carbocycles. The summed E-state index contributed by atoms with van der Waals surface area (Å²) < 4.78 is 0. The third-order valence-corrected chi connectivity index (χ3v) is 4.36. The van der Waals surface area contributed by atoms with Crippen LogP contribution in [0.5, 0.6) is 0 Å². The Kier molecular flexibility index (Phi) is 2.76. The van der Waals surface area contributed by atoms with Gasteiger partial charge >= 0.3 is 0 Å². The lowest BCUT2D eigenvalue weighted by atomic mass is 9.70. The normalized spacial score (nSPS) is 45.1. The molecule has 14 heavy (non-hydrogen) atoms. The molecular formula is C13H20O. The SMILES string of the molecule is C[C@H]1CC/C(=C\C=O)[C@@H]2[C@H]1CC[C@@H]2C. The van der Waals surface area contributed by atoms with Gasteiger partial charge in [0.2, 0.25) is 0 Å². The lowest BCUT2D eigenvalue weighted by Crippen LogP contribution is -2.26. The number of carbonyl (C=O) groups is 1. The second-order valence-electron chi connectivity index (χ2n) is 5.14. The number of hydrogen-bond acceptors (Lipinski definition) is 1. The fourth-order valence-corrected chi connectivity index (χ4v) is 3.57. The molecule has 0 N–H and O–H groups in total. The van der Waals surface area contributed by atoms with Crippen LogP contribution in [0, 0.1) is 23.7 Å². The molecule has 2 saturated carbocycles. The fraction of sp³-hybridized carbons (Fsp3) is 0.769. The third kappa shape index (κ3) is 1.53. The van der Waals surface area contributed by atoms with Crippen molar-refractivity contribution in [2.24, 2.45) is 23.7 Å². The molecule has 1 nitrogen and oxygen atoms in total. The highest BCUT2D eigenvalue weighted by Crippen LogP contribution is 2.50. The molecule has 0 amide bonds. The fourth-order valence-electron chi connectivity index (χ4n) is 3.57. The Morgan fingerprint density at radius 1 is 1.14 bits per heavy atom. The molecule has 0 spiro atoms. The maximum atomic E-state index is 10.6. The molecule has 0 aromatic rings. The molecule has 4 atom stereocenters. The highest BCUT2D eigenvalue weighted by molar-refractivity contribution is 5.66. The quantitative estimate of drug-likeness (QED) is 0.460. The van der Waals surface area contributed by atoms with Crippen LogP contribution in [0.1, 0.15) is 39.5 Å². The zero-order valence-corrected chi connectivity index (χ0v) is 9.20. The highest BCUT2D eigenvalue weighted by Gasteiger charge is 2.40. The predicted octanol–water partition coefficient (Wildman–Crippen LogP) is 3.20. The zero-order chi connectivity index (χ0) is 10.1. The van der Waals surface area contributed by atoms with Crippen molar-refractivity contribution in [2.75, 3.05) is 0 Å². The average molecular weight is 192 g/mol. The van der Waals surface area contributed by atoms with Crippen LogP contribution in [0.2, 0.25) is 0 Å². The maximum absolute atomic E-state index is 10.6. The van der Waals surface area contributed by atoms with E-state index in [1.807, 2.05) is 6.08 Å². The molecule has 2 aliphatic rings. The minimum Gasteiger partial charge on any atom is -0.299 e. The Bertz CT molecular complexity index is 254. The first-order valence-electron chi connectivity index (χ1n) is 5.88. The second-order valence-corrected chi connectivity index (χ2v) is 5.14. The van der Waals surface area contributed by atoms with Gasteiger partial charge in [-0.25, -0.2) is 0 Å². The molecule has 0 radical (unpaired) electrons. The second kappa shape index (κ2) is 3.88. The van der Waals surface area contributed by atoms with Gasteiger partial charge in [0.1, 0.15) is 6.29 Å². The van der Waals surface area contributed by atoms with E-state index in [4.69, 9.17) is 0 Å². The van der Waals surface area contributed by atoms with Crippen molar-refractivity contribution in [3.05, 3.63) is 11.6 Å². The number of allylic oxidation sites excluding steroid dienone is 2. The Morgan fingerprint density at radius 3 is 2.64 bits per heavy atom. The van der Waals surface area contributed by atoms with E-state index in [0.717, 1.165) is 36.4 Å². The van der Waals surface area contributed by atoms with Gasteiger partial charge < -0.3 is 0 Å². The molecular weight excluding hydrogens is 172 g/mol. The Balaban J connectivity index is 2.23. The van der Waals surface area contributed by atoms with E-state index in [-0.39, 0.29) is 0 Å². The van der Waals surface area contributed by atoms with Crippen molar-refractivity contribution in [3.63, 3.8) is 0 Å². The van der Waals surface area contributed by atoms with Crippen molar-refractivity contribution in [3.8, 4) is 0 Å². The van der Waals surface area contributed by atoms with Gasteiger partial charge in [0, 0.05) is 0 Å². The van der Waals surface area contributed by atoms with Crippen molar-refractivity contribution < 1.29 is 4.79 Å². The molecule has 2 rings (SSSR count). The summed E-state index contributed by atoms with van der Waals surface area (Å²) in [5.74, 6) is 3.26. The average Bonchev–Trinajstić information content (AvgIpc) is 2.55. The summed E-state index contributed by atoms with van der Waals surface area (Å²) in [4.78, 5) is 10.6. The summed E-state index contributed by atoms with van der Waals surface area (Å²) in [6.45, 7) is 4.73. The zero-order valence-electron chi connectivity index (χ0n) is 9.20. The number of rotatable bonds is 1. The van der Waals surface area contributed by atoms with Crippen molar-refractivity contribution >= 4 is 6.29 Å². The van der Waals surface area contributed by atoms with Crippen LogP contribution in [0.25, 0.3) is 0 Å². The molecule has 0 aliphatic heterocycles. The first-order chi connectivity index (χ1) is 6.74. The Morgan fingerprint density at radius 2 is 1.93 bits per heavy atom. The molecule has 0 bridgehead atoms. The van der Waals surface area contributed by atoms with Gasteiger partial charge in [-0.05, 0) is 55.4 Å². The van der Waals surface area contributed by atoms with Crippen LogP contribution < -0.4 is 0 Å². The van der Waals surface area contributed by atoms with Crippen molar-refractivity contribution in [1.82, 2.24) is 0 Å². The standard InChI is InChI=1S/C13H20O/c1-9-3-5-11(7-8-14)13-10(2)4-6-12(9)13/h7-10,12-13H,3-6H2,1-2H3/b11-7+/t9-,10-,12-,13+/m0/s1. The number of carbonyl (C=O) groups excluding carboxylic acids is 1. The number of hydrogen-bond donors (Lipinski definition) is 0. The summed E-state index contributed by atoms with van der Waals surface area (Å²) in [5.41, 5.74) is 1.44. The lowest BCUT2D eigenvalue weighted by molar-refractivity contribution is -0.104. The maximum Gasteiger partial charge on any atom is 0.142 e. The van der Waals surface area contributed by atoms with E-state index in [0.29, 0.717) is 0 Å². The minimum atomic E-state index is 0.726. The van der Waals surface area contributed by atoms with Gasteiger partial charge in [-0.1, -0.05) is 19.4 Å². The highest BCUT2D eigenvalue weighted by atomic mass is 16.1. The summed E-state index contributed by atoms with van der Waals surface area (Å²) >= 11 is 0. The van der Waals surface area contributed by atoms with Crippen LogP contribution in [0.3, 0.4) is 0 Å². The molecule has 0 unspecified atom stereocenters. The van der Waals surface area contributed by atoms with E-state index in [9.17, 15) is 4.79 Å². The topological polar surface area (TPSA) is 17.1 Å². The summed E-state index contributed by atoms with van der Waals surface area (Å²) in [7, 11) is 0. The summed E-state index contributed by atoms with van der Waals surface area (Å²) in [6.07, 6.45) is 8.00. The minimum absolute atomic E-state index is 0.726. The summed E-state index contributed by atoms with van der Waals surface area (Å²) in [6, 6.07) is 0. The first kappa shape index (κ1) is 9.95. The molecule has 78 valence electrons. The van der Waals surface area contributed by atoms with E-state index in [1.54, 1.807) is 0 Å². The number of fused-ring (bicyclic) bond motifs is 1. The van der Waals surface area contributed by atoms with Gasteiger partial charge in [0.15, 0.2) is 0 Å². The van der Waals surface area contributed by atoms with Crippen LogP contribution in [0.4, 0.5) is 0 Å². The van der Waals surface area contributed by atoms with Crippen LogP contribution in [-0.4, -0.2) is 6.29 Å². The Labute approximate surface area is 86.6 Å².